The molecule has 2 aromatic rings. The van der Waals surface area contributed by atoms with E-state index in [9.17, 15) is 4.79 Å². The topological polar surface area (TPSA) is 44.8 Å². The normalized spacial score (nSPS) is 12.7. The Balaban J connectivity index is 1.66. The molecule has 0 aromatic heterocycles. The number of benzene rings is 2. The van der Waals surface area contributed by atoms with Gasteiger partial charge < -0.3 is 14.2 Å². The third kappa shape index (κ3) is 3.66. The number of rotatable bonds is 4. The summed E-state index contributed by atoms with van der Waals surface area (Å²) in [5.74, 6) is 1.07. The maximum Gasteiger partial charge on any atom is 0.337 e. The zero-order valence-corrected chi connectivity index (χ0v) is 13.3. The largest absolute Gasteiger partial charge is 0.497 e. The van der Waals surface area contributed by atoms with Crippen LogP contribution in [0.1, 0.15) is 11.1 Å². The van der Waals surface area contributed by atoms with Crippen LogP contribution in [0.15, 0.2) is 48.0 Å². The standard InChI is InChI=1S/C18H15ClO4/c1-21-16-5-2-12(3-6-16)10-23-18(20)14-8-13-9-15(19)4-7-17(13)22-11-14/h2-9H,10-11H2,1H3. The first kappa shape index (κ1) is 15.4. The van der Waals surface area contributed by atoms with Crippen molar-refractivity contribution in [2.24, 2.45) is 0 Å². The first-order chi connectivity index (χ1) is 11.2. The fourth-order valence-corrected chi connectivity index (χ4v) is 2.41. The maximum atomic E-state index is 12.2. The number of esters is 1. The predicted molar refractivity (Wildman–Crippen MR) is 87.7 cm³/mol. The molecule has 118 valence electrons. The van der Waals surface area contributed by atoms with E-state index >= 15 is 0 Å². The van der Waals surface area contributed by atoms with E-state index in [0.717, 1.165) is 16.9 Å². The highest BCUT2D eigenvalue weighted by molar-refractivity contribution is 6.30. The molecule has 3 rings (SSSR count). The lowest BCUT2D eigenvalue weighted by molar-refractivity contribution is -0.140. The van der Waals surface area contributed by atoms with Crippen LogP contribution in [-0.2, 0) is 16.1 Å². The molecule has 1 aliphatic rings. The summed E-state index contributed by atoms with van der Waals surface area (Å²) in [7, 11) is 1.61. The van der Waals surface area contributed by atoms with Gasteiger partial charge in [0, 0.05) is 10.6 Å². The van der Waals surface area contributed by atoms with Gasteiger partial charge in [-0.1, -0.05) is 23.7 Å². The lowest BCUT2D eigenvalue weighted by atomic mass is 10.1. The van der Waals surface area contributed by atoms with Gasteiger partial charge in [0.15, 0.2) is 0 Å². The van der Waals surface area contributed by atoms with Crippen LogP contribution in [0.3, 0.4) is 0 Å². The van der Waals surface area contributed by atoms with Crippen LogP contribution >= 0.6 is 11.6 Å². The minimum atomic E-state index is -0.397. The Hall–Kier alpha value is -2.46. The fraction of sp³-hybridized carbons (Fsp3) is 0.167. The van der Waals surface area contributed by atoms with E-state index in [1.165, 1.54) is 0 Å². The summed E-state index contributed by atoms with van der Waals surface area (Å²) in [6, 6.07) is 12.6. The summed E-state index contributed by atoms with van der Waals surface area (Å²) in [4.78, 5) is 12.2. The quantitative estimate of drug-likeness (QED) is 0.798. The van der Waals surface area contributed by atoms with Crippen molar-refractivity contribution in [3.63, 3.8) is 0 Å². The van der Waals surface area contributed by atoms with Crippen molar-refractivity contribution >= 4 is 23.6 Å². The number of hydrogen-bond donors (Lipinski definition) is 0. The number of fused-ring (bicyclic) bond motifs is 1. The Morgan fingerprint density at radius 3 is 2.74 bits per heavy atom. The van der Waals surface area contributed by atoms with E-state index < -0.39 is 5.97 Å². The molecule has 0 N–H and O–H groups in total. The van der Waals surface area contributed by atoms with Gasteiger partial charge in [0.1, 0.15) is 24.7 Å². The van der Waals surface area contributed by atoms with Gasteiger partial charge >= 0.3 is 5.97 Å². The molecule has 0 atom stereocenters. The van der Waals surface area contributed by atoms with Crippen LogP contribution in [0.25, 0.3) is 6.08 Å². The fourth-order valence-electron chi connectivity index (χ4n) is 2.23. The summed E-state index contributed by atoms with van der Waals surface area (Å²) >= 11 is 5.96. The highest BCUT2D eigenvalue weighted by Crippen LogP contribution is 2.29. The summed E-state index contributed by atoms with van der Waals surface area (Å²) in [6.45, 7) is 0.388. The highest BCUT2D eigenvalue weighted by atomic mass is 35.5. The van der Waals surface area contributed by atoms with Crippen molar-refractivity contribution in [1.82, 2.24) is 0 Å². The third-order valence-electron chi connectivity index (χ3n) is 3.48. The summed E-state index contributed by atoms with van der Waals surface area (Å²) in [5, 5.41) is 0.594. The second kappa shape index (κ2) is 6.75. The van der Waals surface area contributed by atoms with E-state index in [4.69, 9.17) is 25.8 Å². The maximum absolute atomic E-state index is 12.2. The zero-order chi connectivity index (χ0) is 16.2. The third-order valence-corrected chi connectivity index (χ3v) is 3.71. The Bertz CT molecular complexity index is 750. The monoisotopic (exact) mass is 330 g/mol. The Labute approximate surface area is 139 Å². The molecule has 1 aliphatic heterocycles. The summed E-state index contributed by atoms with van der Waals surface area (Å²) in [5.41, 5.74) is 2.13. The van der Waals surface area contributed by atoms with E-state index in [1.807, 2.05) is 24.3 Å². The van der Waals surface area contributed by atoms with Gasteiger partial charge in [-0.25, -0.2) is 4.79 Å². The van der Waals surface area contributed by atoms with Crippen LogP contribution in [0.5, 0.6) is 11.5 Å². The molecule has 0 saturated carbocycles. The second-order valence-electron chi connectivity index (χ2n) is 5.06. The van der Waals surface area contributed by atoms with E-state index in [-0.39, 0.29) is 13.2 Å². The Kier molecular flexibility index (Phi) is 4.53. The number of carbonyl (C=O) groups excluding carboxylic acids is 1. The molecular formula is C18H15ClO4. The van der Waals surface area contributed by atoms with Crippen LogP contribution in [0.4, 0.5) is 0 Å². The first-order valence-corrected chi connectivity index (χ1v) is 7.46. The first-order valence-electron chi connectivity index (χ1n) is 7.08. The molecule has 2 aromatic carbocycles. The molecule has 5 heteroatoms. The van der Waals surface area contributed by atoms with Crippen LogP contribution in [0, 0.1) is 0 Å². The molecular weight excluding hydrogens is 316 g/mol. The van der Waals surface area contributed by atoms with Gasteiger partial charge in [0.25, 0.3) is 0 Å². The lowest BCUT2D eigenvalue weighted by Gasteiger charge is -2.17. The minimum absolute atomic E-state index is 0.191. The highest BCUT2D eigenvalue weighted by Gasteiger charge is 2.18. The van der Waals surface area contributed by atoms with Crippen molar-refractivity contribution in [2.45, 2.75) is 6.61 Å². The molecule has 0 unspecified atom stereocenters. The van der Waals surface area contributed by atoms with Crippen LogP contribution in [0.2, 0.25) is 5.02 Å². The number of hydrogen-bond acceptors (Lipinski definition) is 4. The molecule has 0 bridgehead atoms. The average Bonchev–Trinajstić information content (AvgIpc) is 2.59. The van der Waals surface area contributed by atoms with Gasteiger partial charge in [-0.3, -0.25) is 0 Å². The molecule has 0 saturated heterocycles. The van der Waals surface area contributed by atoms with E-state index in [2.05, 4.69) is 0 Å². The Morgan fingerprint density at radius 2 is 2.00 bits per heavy atom. The molecule has 0 amide bonds. The molecule has 0 aliphatic carbocycles. The van der Waals surface area contributed by atoms with Crippen molar-refractivity contribution in [3.8, 4) is 11.5 Å². The summed E-state index contributed by atoms with van der Waals surface area (Å²) in [6.07, 6.45) is 1.75. The van der Waals surface area contributed by atoms with Crippen molar-refractivity contribution in [2.75, 3.05) is 13.7 Å². The van der Waals surface area contributed by atoms with Crippen LogP contribution in [-0.4, -0.2) is 19.7 Å². The molecule has 0 fully saturated rings. The Morgan fingerprint density at radius 1 is 1.22 bits per heavy atom. The molecule has 0 radical (unpaired) electrons. The second-order valence-corrected chi connectivity index (χ2v) is 5.50. The van der Waals surface area contributed by atoms with Crippen molar-refractivity contribution in [1.29, 1.82) is 0 Å². The number of carbonyl (C=O) groups is 1. The molecule has 4 nitrogen and oxygen atoms in total. The SMILES string of the molecule is COc1ccc(COC(=O)C2=Cc3cc(Cl)ccc3OC2)cc1. The van der Waals surface area contributed by atoms with Gasteiger partial charge in [-0.2, -0.15) is 0 Å². The number of halogens is 1. The number of ether oxygens (including phenoxy) is 3. The van der Waals surface area contributed by atoms with Gasteiger partial charge in [0.2, 0.25) is 0 Å². The van der Waals surface area contributed by atoms with Gasteiger partial charge in [0.05, 0.1) is 12.7 Å². The van der Waals surface area contributed by atoms with E-state index in [1.54, 1.807) is 31.4 Å². The smallest absolute Gasteiger partial charge is 0.337 e. The van der Waals surface area contributed by atoms with Gasteiger partial charge in [-0.15, -0.1) is 0 Å². The minimum Gasteiger partial charge on any atom is -0.497 e. The molecule has 1 heterocycles. The van der Waals surface area contributed by atoms with Gasteiger partial charge in [-0.05, 0) is 42.0 Å². The molecule has 0 spiro atoms. The predicted octanol–water partition coefficient (Wildman–Crippen LogP) is 3.87. The summed E-state index contributed by atoms with van der Waals surface area (Å²) < 4.78 is 16.0. The molecule has 23 heavy (non-hydrogen) atoms. The lowest BCUT2D eigenvalue weighted by Crippen LogP contribution is -2.17. The van der Waals surface area contributed by atoms with Crippen molar-refractivity contribution in [3.05, 3.63) is 64.2 Å². The zero-order valence-electron chi connectivity index (χ0n) is 12.5. The average molecular weight is 331 g/mol. The van der Waals surface area contributed by atoms with E-state index in [0.29, 0.717) is 16.3 Å². The van der Waals surface area contributed by atoms with Crippen LogP contribution < -0.4 is 9.47 Å². The number of methoxy groups -OCH3 is 1. The van der Waals surface area contributed by atoms with Crippen molar-refractivity contribution < 1.29 is 19.0 Å².